The van der Waals surface area contributed by atoms with Crippen molar-refractivity contribution >= 4 is 5.69 Å². The number of nitrogens with zero attached hydrogens (tertiary/aromatic N) is 1. The first-order chi connectivity index (χ1) is 11.6. The standard InChI is InChI=1S/C20H15NO3/c1-13-11-19(22)20(23)18(21-24)12-17(13)16-9-7-15(8-10-16)14-5-3-2-4-6-14/h2-12H,1H3,(H,22,23). The number of aryl methyl sites for hydroxylation is 1. The normalized spacial score (nSPS) is 10.4. The summed E-state index contributed by atoms with van der Waals surface area (Å²) in [5.74, 6) is -0.625. The van der Waals surface area contributed by atoms with E-state index in [2.05, 4.69) is 5.18 Å². The van der Waals surface area contributed by atoms with E-state index in [1.807, 2.05) is 54.6 Å². The second kappa shape index (κ2) is 6.46. The molecule has 0 aliphatic carbocycles. The van der Waals surface area contributed by atoms with Crippen LogP contribution >= 0.6 is 0 Å². The van der Waals surface area contributed by atoms with Crippen molar-refractivity contribution in [3.05, 3.63) is 87.4 Å². The van der Waals surface area contributed by atoms with Gasteiger partial charge in [0.1, 0.15) is 0 Å². The fourth-order valence-electron chi connectivity index (χ4n) is 2.64. The summed E-state index contributed by atoms with van der Waals surface area (Å²) in [7, 11) is 0. The Bertz CT molecular complexity index is 949. The number of nitroso groups, excluding NO2 is 1. The van der Waals surface area contributed by atoms with Crippen LogP contribution in [0.1, 0.15) is 5.56 Å². The van der Waals surface area contributed by atoms with Crippen molar-refractivity contribution in [1.29, 1.82) is 0 Å². The van der Waals surface area contributed by atoms with Crippen molar-refractivity contribution in [3.63, 3.8) is 0 Å². The summed E-state index contributed by atoms with van der Waals surface area (Å²) in [5.41, 5.74) is 3.49. The Morgan fingerprint density at radius 3 is 2.04 bits per heavy atom. The lowest BCUT2D eigenvalue weighted by atomic mass is 9.99. The minimum Gasteiger partial charge on any atom is -0.503 e. The van der Waals surface area contributed by atoms with Gasteiger partial charge in [-0.3, -0.25) is 4.79 Å². The van der Waals surface area contributed by atoms with Crippen LogP contribution in [0.3, 0.4) is 0 Å². The molecule has 0 atom stereocenters. The number of rotatable bonds is 3. The fourth-order valence-corrected chi connectivity index (χ4v) is 2.64. The molecule has 0 spiro atoms. The molecule has 0 aliphatic heterocycles. The van der Waals surface area contributed by atoms with E-state index in [1.54, 1.807) is 6.92 Å². The van der Waals surface area contributed by atoms with Gasteiger partial charge in [-0.25, -0.2) is 0 Å². The van der Waals surface area contributed by atoms with Crippen LogP contribution in [0, 0.1) is 11.8 Å². The molecule has 24 heavy (non-hydrogen) atoms. The number of hydrogen-bond donors (Lipinski definition) is 1. The maximum absolute atomic E-state index is 11.8. The molecule has 118 valence electrons. The molecule has 0 amide bonds. The third kappa shape index (κ3) is 2.94. The second-order valence-corrected chi connectivity index (χ2v) is 5.52. The topological polar surface area (TPSA) is 66.7 Å². The number of aromatic hydroxyl groups is 1. The molecule has 0 aliphatic rings. The maximum Gasteiger partial charge on any atom is 0.222 e. The second-order valence-electron chi connectivity index (χ2n) is 5.52. The fraction of sp³-hybridized carbons (Fsp3) is 0.0500. The number of benzene rings is 2. The lowest BCUT2D eigenvalue weighted by molar-refractivity contribution is 0.472. The molecule has 0 saturated heterocycles. The first-order valence-corrected chi connectivity index (χ1v) is 7.47. The van der Waals surface area contributed by atoms with E-state index in [1.165, 1.54) is 12.1 Å². The van der Waals surface area contributed by atoms with Crippen LogP contribution in [0.5, 0.6) is 5.75 Å². The Morgan fingerprint density at radius 1 is 0.833 bits per heavy atom. The van der Waals surface area contributed by atoms with E-state index in [0.29, 0.717) is 11.1 Å². The van der Waals surface area contributed by atoms with Gasteiger partial charge in [0.05, 0.1) is 0 Å². The van der Waals surface area contributed by atoms with Crippen LogP contribution in [-0.4, -0.2) is 5.11 Å². The Labute approximate surface area is 139 Å². The summed E-state index contributed by atoms with van der Waals surface area (Å²) >= 11 is 0. The van der Waals surface area contributed by atoms with Gasteiger partial charge in [0.25, 0.3) is 0 Å². The van der Waals surface area contributed by atoms with E-state index >= 15 is 0 Å². The van der Waals surface area contributed by atoms with Crippen molar-refractivity contribution < 1.29 is 5.11 Å². The minimum atomic E-state index is -0.625. The molecule has 4 heteroatoms. The van der Waals surface area contributed by atoms with Gasteiger partial charge in [0.15, 0.2) is 11.4 Å². The Hall–Kier alpha value is -3.27. The van der Waals surface area contributed by atoms with E-state index in [0.717, 1.165) is 16.7 Å². The highest BCUT2D eigenvalue weighted by Crippen LogP contribution is 2.31. The average Bonchev–Trinajstić information content (AvgIpc) is 2.73. The van der Waals surface area contributed by atoms with Crippen molar-refractivity contribution in [1.82, 2.24) is 0 Å². The molecular weight excluding hydrogens is 302 g/mol. The molecule has 0 unspecified atom stereocenters. The van der Waals surface area contributed by atoms with Crippen LogP contribution in [0.4, 0.5) is 5.69 Å². The van der Waals surface area contributed by atoms with Crippen molar-refractivity contribution in [2.24, 2.45) is 5.18 Å². The molecule has 3 aromatic carbocycles. The molecule has 0 fully saturated rings. The van der Waals surface area contributed by atoms with Gasteiger partial charge < -0.3 is 5.11 Å². The summed E-state index contributed by atoms with van der Waals surface area (Å²) in [6, 6.07) is 20.5. The largest absolute Gasteiger partial charge is 0.503 e. The van der Waals surface area contributed by atoms with Gasteiger partial charge in [0, 0.05) is 0 Å². The molecule has 0 radical (unpaired) electrons. The molecule has 3 aromatic rings. The van der Waals surface area contributed by atoms with E-state index in [4.69, 9.17) is 0 Å². The molecule has 0 saturated carbocycles. The van der Waals surface area contributed by atoms with Crippen LogP contribution in [0.15, 0.2) is 76.7 Å². The summed E-state index contributed by atoms with van der Waals surface area (Å²) in [4.78, 5) is 22.7. The van der Waals surface area contributed by atoms with Crippen LogP contribution in [0.2, 0.25) is 0 Å². The molecular formula is C20H15NO3. The third-order valence-corrected chi connectivity index (χ3v) is 3.93. The third-order valence-electron chi connectivity index (χ3n) is 3.93. The van der Waals surface area contributed by atoms with Gasteiger partial charge in [-0.1, -0.05) is 54.6 Å². The zero-order valence-electron chi connectivity index (χ0n) is 13.1. The minimum absolute atomic E-state index is 0.254. The summed E-state index contributed by atoms with van der Waals surface area (Å²) in [6.45, 7) is 1.76. The SMILES string of the molecule is Cc1cc(=O)c(O)c(N=O)cc1-c1ccc(-c2ccccc2)cc1. The first kappa shape index (κ1) is 15.6. The monoisotopic (exact) mass is 317 g/mol. The Kier molecular flexibility index (Phi) is 4.20. The quantitative estimate of drug-likeness (QED) is 0.706. The summed E-state index contributed by atoms with van der Waals surface area (Å²) < 4.78 is 0. The van der Waals surface area contributed by atoms with E-state index in [-0.39, 0.29) is 5.69 Å². The van der Waals surface area contributed by atoms with Crippen molar-refractivity contribution in [3.8, 4) is 28.0 Å². The molecule has 0 aromatic heterocycles. The Balaban J connectivity index is 2.12. The predicted molar refractivity (Wildman–Crippen MR) is 95.4 cm³/mol. The first-order valence-electron chi connectivity index (χ1n) is 7.47. The molecule has 1 N–H and O–H groups in total. The van der Waals surface area contributed by atoms with Crippen LogP contribution < -0.4 is 5.43 Å². The Morgan fingerprint density at radius 2 is 1.42 bits per heavy atom. The summed E-state index contributed by atoms with van der Waals surface area (Å²) in [5, 5.41) is 12.5. The average molecular weight is 317 g/mol. The lowest BCUT2D eigenvalue weighted by Gasteiger charge is -2.06. The highest BCUT2D eigenvalue weighted by Gasteiger charge is 2.10. The highest BCUT2D eigenvalue weighted by molar-refractivity contribution is 5.74. The highest BCUT2D eigenvalue weighted by atomic mass is 16.3. The van der Waals surface area contributed by atoms with Gasteiger partial charge >= 0.3 is 0 Å². The predicted octanol–water partition coefficient (Wildman–Crippen LogP) is 4.79. The van der Waals surface area contributed by atoms with Crippen LogP contribution in [0.25, 0.3) is 22.3 Å². The van der Waals surface area contributed by atoms with E-state index in [9.17, 15) is 14.8 Å². The lowest BCUT2D eigenvalue weighted by Crippen LogP contribution is -1.94. The van der Waals surface area contributed by atoms with Crippen LogP contribution in [-0.2, 0) is 0 Å². The summed E-state index contributed by atoms with van der Waals surface area (Å²) in [6.07, 6.45) is 0. The number of hydrogen-bond acceptors (Lipinski definition) is 4. The molecule has 0 heterocycles. The smallest absolute Gasteiger partial charge is 0.222 e. The zero-order chi connectivity index (χ0) is 17.1. The molecule has 4 nitrogen and oxygen atoms in total. The van der Waals surface area contributed by atoms with Gasteiger partial charge in [-0.2, -0.15) is 0 Å². The van der Waals surface area contributed by atoms with Crippen molar-refractivity contribution in [2.75, 3.05) is 0 Å². The molecule has 0 bridgehead atoms. The maximum atomic E-state index is 11.8. The van der Waals surface area contributed by atoms with Gasteiger partial charge in [-0.05, 0) is 52.1 Å². The van der Waals surface area contributed by atoms with Crippen molar-refractivity contribution in [2.45, 2.75) is 6.92 Å². The van der Waals surface area contributed by atoms with Gasteiger partial charge in [0.2, 0.25) is 5.43 Å². The van der Waals surface area contributed by atoms with Gasteiger partial charge in [-0.15, -0.1) is 4.91 Å². The van der Waals surface area contributed by atoms with E-state index < -0.39 is 11.2 Å². The molecule has 3 rings (SSSR count). The zero-order valence-corrected chi connectivity index (χ0v) is 13.1.